The van der Waals surface area contributed by atoms with Crippen molar-refractivity contribution >= 4 is 6.01 Å². The van der Waals surface area contributed by atoms with Crippen molar-refractivity contribution < 1.29 is 13.2 Å². The molecule has 0 atom stereocenters. The van der Waals surface area contributed by atoms with Crippen molar-refractivity contribution in [3.05, 3.63) is 41.3 Å². The molecule has 0 aliphatic heterocycles. The highest BCUT2D eigenvalue weighted by molar-refractivity contribution is 5.25. The molecule has 2 aromatic rings. The lowest BCUT2D eigenvalue weighted by molar-refractivity contribution is 0.480. The normalized spacial score (nSPS) is 10.7. The van der Waals surface area contributed by atoms with Gasteiger partial charge in [0.05, 0.1) is 6.54 Å². The maximum absolute atomic E-state index is 13.4. The first-order valence-electron chi connectivity index (χ1n) is 5.90. The van der Waals surface area contributed by atoms with Crippen LogP contribution in [0.1, 0.15) is 18.4 Å². The molecule has 2 rings (SSSR count). The van der Waals surface area contributed by atoms with Gasteiger partial charge in [-0.05, 0) is 24.7 Å². The summed E-state index contributed by atoms with van der Waals surface area (Å²) in [6, 6.07) is 3.45. The number of benzene rings is 1. The van der Waals surface area contributed by atoms with E-state index in [1.807, 2.05) is 6.92 Å². The first-order chi connectivity index (χ1) is 9.19. The Morgan fingerprint density at radius 3 is 2.84 bits per heavy atom. The molecule has 0 aliphatic rings. The average molecular weight is 268 g/mol. The van der Waals surface area contributed by atoms with Crippen molar-refractivity contribution in [1.82, 2.24) is 15.5 Å². The summed E-state index contributed by atoms with van der Waals surface area (Å²) in [6.07, 6.45) is 0. The molecule has 0 fully saturated rings. The third-order valence-electron chi connectivity index (χ3n) is 2.43. The molecule has 5 nitrogen and oxygen atoms in total. The largest absolute Gasteiger partial charge is 0.407 e. The summed E-state index contributed by atoms with van der Waals surface area (Å²) in [5.74, 6) is -0.540. The minimum absolute atomic E-state index is 0.0758. The van der Waals surface area contributed by atoms with Gasteiger partial charge >= 0.3 is 6.01 Å². The van der Waals surface area contributed by atoms with E-state index in [1.54, 1.807) is 0 Å². The third-order valence-corrected chi connectivity index (χ3v) is 2.43. The zero-order valence-electron chi connectivity index (χ0n) is 10.4. The summed E-state index contributed by atoms with van der Waals surface area (Å²) in [5.41, 5.74) is 0.200. The first-order valence-corrected chi connectivity index (χ1v) is 5.90. The van der Waals surface area contributed by atoms with E-state index >= 15 is 0 Å². The van der Waals surface area contributed by atoms with E-state index in [9.17, 15) is 8.78 Å². The number of hydrogen-bond acceptors (Lipinski definition) is 5. The predicted octanol–water partition coefficient (Wildman–Crippen LogP) is 2.07. The van der Waals surface area contributed by atoms with E-state index in [2.05, 4.69) is 20.8 Å². The quantitative estimate of drug-likeness (QED) is 0.839. The van der Waals surface area contributed by atoms with Crippen molar-refractivity contribution in [3.63, 3.8) is 0 Å². The van der Waals surface area contributed by atoms with Crippen molar-refractivity contribution in [2.75, 3.05) is 11.9 Å². The number of halogens is 2. The molecule has 0 aliphatic carbocycles. The Morgan fingerprint density at radius 1 is 1.21 bits per heavy atom. The lowest BCUT2D eigenvalue weighted by Crippen LogP contribution is -2.11. The molecular formula is C12H14F2N4O. The molecule has 19 heavy (non-hydrogen) atoms. The fraction of sp³-hybridized carbons (Fsp3) is 0.333. The molecule has 0 amide bonds. The van der Waals surface area contributed by atoms with Gasteiger partial charge in [0, 0.05) is 12.1 Å². The van der Waals surface area contributed by atoms with Crippen LogP contribution in [0.2, 0.25) is 0 Å². The van der Waals surface area contributed by atoms with Gasteiger partial charge in [-0.1, -0.05) is 12.0 Å². The van der Waals surface area contributed by atoms with Crippen molar-refractivity contribution in [1.29, 1.82) is 0 Å². The van der Waals surface area contributed by atoms with Gasteiger partial charge < -0.3 is 15.1 Å². The molecule has 0 unspecified atom stereocenters. The number of aromatic nitrogens is 2. The van der Waals surface area contributed by atoms with E-state index in [0.717, 1.165) is 24.7 Å². The Morgan fingerprint density at radius 2 is 2.05 bits per heavy atom. The van der Waals surface area contributed by atoms with Crippen LogP contribution in [-0.2, 0) is 13.1 Å². The Bertz CT molecular complexity index is 544. The van der Waals surface area contributed by atoms with Crippen LogP contribution in [0.25, 0.3) is 0 Å². The van der Waals surface area contributed by atoms with Crippen molar-refractivity contribution in [3.8, 4) is 0 Å². The lowest BCUT2D eigenvalue weighted by Gasteiger charge is -2.03. The van der Waals surface area contributed by atoms with Crippen LogP contribution < -0.4 is 10.6 Å². The lowest BCUT2D eigenvalue weighted by atomic mass is 10.2. The van der Waals surface area contributed by atoms with E-state index in [1.165, 1.54) is 0 Å². The molecule has 7 heteroatoms. The van der Waals surface area contributed by atoms with Gasteiger partial charge in [0.15, 0.2) is 0 Å². The van der Waals surface area contributed by atoms with Gasteiger partial charge in [-0.2, -0.15) is 0 Å². The minimum atomic E-state index is -0.489. The minimum Gasteiger partial charge on any atom is -0.407 e. The van der Waals surface area contributed by atoms with Crippen molar-refractivity contribution in [2.24, 2.45) is 0 Å². The molecule has 0 saturated carbocycles. The van der Waals surface area contributed by atoms with Gasteiger partial charge in [-0.25, -0.2) is 8.78 Å². The molecular weight excluding hydrogens is 254 g/mol. The molecule has 2 N–H and O–H groups in total. The molecule has 0 saturated heterocycles. The zero-order chi connectivity index (χ0) is 13.7. The van der Waals surface area contributed by atoms with Crippen LogP contribution >= 0.6 is 0 Å². The highest BCUT2D eigenvalue weighted by atomic mass is 19.1. The van der Waals surface area contributed by atoms with Gasteiger partial charge in [0.1, 0.15) is 11.6 Å². The van der Waals surface area contributed by atoms with E-state index in [-0.39, 0.29) is 18.1 Å². The van der Waals surface area contributed by atoms with Crippen LogP contribution in [-0.4, -0.2) is 16.7 Å². The summed E-state index contributed by atoms with van der Waals surface area (Å²) in [4.78, 5) is 0. The summed E-state index contributed by atoms with van der Waals surface area (Å²) in [6.45, 7) is 3.30. The molecule has 1 aromatic carbocycles. The highest BCUT2D eigenvalue weighted by Gasteiger charge is 2.07. The average Bonchev–Trinajstić information content (AvgIpc) is 2.85. The summed E-state index contributed by atoms with van der Waals surface area (Å²) >= 11 is 0. The predicted molar refractivity (Wildman–Crippen MR) is 65.4 cm³/mol. The molecule has 0 bridgehead atoms. The molecule has 1 heterocycles. The SMILES string of the molecule is CCNCc1nnc(NCc2cc(F)ccc2F)o1. The Hall–Kier alpha value is -2.02. The maximum Gasteiger partial charge on any atom is 0.315 e. The van der Waals surface area contributed by atoms with Crippen molar-refractivity contribution in [2.45, 2.75) is 20.0 Å². The summed E-state index contributed by atoms with van der Waals surface area (Å²) < 4.78 is 31.6. The van der Waals surface area contributed by atoms with Crippen LogP contribution in [0, 0.1) is 11.6 Å². The Labute approximate surface area is 109 Å². The van der Waals surface area contributed by atoms with E-state index < -0.39 is 11.6 Å². The Kier molecular flexibility index (Phi) is 4.40. The van der Waals surface area contributed by atoms with Gasteiger partial charge in [-0.3, -0.25) is 0 Å². The molecule has 102 valence electrons. The van der Waals surface area contributed by atoms with Gasteiger partial charge in [0.25, 0.3) is 0 Å². The van der Waals surface area contributed by atoms with Crippen LogP contribution in [0.5, 0.6) is 0 Å². The Balaban J connectivity index is 1.94. The fourth-order valence-electron chi connectivity index (χ4n) is 1.48. The highest BCUT2D eigenvalue weighted by Crippen LogP contribution is 2.12. The first kappa shape index (κ1) is 13.4. The van der Waals surface area contributed by atoms with E-state index in [4.69, 9.17) is 4.42 Å². The fourth-order valence-corrected chi connectivity index (χ4v) is 1.48. The van der Waals surface area contributed by atoms with Crippen LogP contribution in [0.3, 0.4) is 0 Å². The molecule has 1 aromatic heterocycles. The number of nitrogens with zero attached hydrogens (tertiary/aromatic N) is 2. The smallest absolute Gasteiger partial charge is 0.315 e. The number of nitrogens with one attached hydrogen (secondary N) is 2. The second-order valence-corrected chi connectivity index (χ2v) is 3.87. The second-order valence-electron chi connectivity index (χ2n) is 3.87. The number of hydrogen-bond donors (Lipinski definition) is 2. The standard InChI is InChI=1S/C12H14F2N4O/c1-2-15-7-11-17-18-12(19-11)16-6-8-5-9(13)3-4-10(8)14/h3-5,15H,2,6-7H2,1H3,(H,16,18). The number of rotatable bonds is 6. The maximum atomic E-state index is 13.4. The topological polar surface area (TPSA) is 63.0 Å². The number of anilines is 1. The zero-order valence-corrected chi connectivity index (χ0v) is 10.4. The summed E-state index contributed by atoms with van der Waals surface area (Å²) in [7, 11) is 0. The van der Waals surface area contributed by atoms with Gasteiger partial charge in [0.2, 0.25) is 5.89 Å². The molecule has 0 radical (unpaired) electrons. The molecule has 0 spiro atoms. The third kappa shape index (κ3) is 3.72. The second kappa shape index (κ2) is 6.24. The summed E-state index contributed by atoms with van der Waals surface area (Å²) in [5, 5.41) is 13.3. The van der Waals surface area contributed by atoms with E-state index in [0.29, 0.717) is 12.4 Å². The van der Waals surface area contributed by atoms with Crippen LogP contribution in [0.15, 0.2) is 22.6 Å². The monoisotopic (exact) mass is 268 g/mol. The van der Waals surface area contributed by atoms with Crippen LogP contribution in [0.4, 0.5) is 14.8 Å². The van der Waals surface area contributed by atoms with Gasteiger partial charge in [-0.15, -0.1) is 5.10 Å².